The Morgan fingerprint density at radius 2 is 2.19 bits per heavy atom. The van der Waals surface area contributed by atoms with Crippen LogP contribution in [0.2, 0.25) is 0 Å². The first-order valence-corrected chi connectivity index (χ1v) is 8.38. The Hall–Kier alpha value is -3.06. The van der Waals surface area contributed by atoms with Crippen LogP contribution in [0.25, 0.3) is 6.08 Å². The number of carboxylic acid groups (broad SMARTS) is 1. The van der Waals surface area contributed by atoms with Crippen molar-refractivity contribution in [3.05, 3.63) is 58.6 Å². The van der Waals surface area contributed by atoms with Gasteiger partial charge < -0.3 is 15.7 Å². The van der Waals surface area contributed by atoms with Gasteiger partial charge >= 0.3 is 5.97 Å². The van der Waals surface area contributed by atoms with Crippen LogP contribution in [0, 0.1) is 0 Å². The van der Waals surface area contributed by atoms with Gasteiger partial charge in [0, 0.05) is 36.6 Å². The number of pyridine rings is 2. The van der Waals surface area contributed by atoms with Gasteiger partial charge in [0.25, 0.3) is 0 Å². The maximum Gasteiger partial charge on any atom is 0.337 e. The van der Waals surface area contributed by atoms with Gasteiger partial charge in [-0.2, -0.15) is 0 Å². The maximum absolute atomic E-state index is 12.8. The van der Waals surface area contributed by atoms with E-state index in [1.54, 1.807) is 12.3 Å². The minimum atomic E-state index is -1.02. The monoisotopic (exact) mass is 350 g/mol. The molecular formula is C19H18N4O3. The van der Waals surface area contributed by atoms with Crippen LogP contribution in [0.5, 0.6) is 0 Å². The summed E-state index contributed by atoms with van der Waals surface area (Å²) < 4.78 is 0. The number of carbonyl (C=O) groups is 2. The van der Waals surface area contributed by atoms with Crippen LogP contribution >= 0.6 is 0 Å². The summed E-state index contributed by atoms with van der Waals surface area (Å²) in [5.74, 6) is -0.547. The van der Waals surface area contributed by atoms with Crippen LogP contribution in [0.1, 0.15) is 32.7 Å². The fourth-order valence-corrected chi connectivity index (χ4v) is 3.69. The molecule has 0 fully saturated rings. The predicted molar refractivity (Wildman–Crippen MR) is 96.1 cm³/mol. The number of carbonyl (C=O) groups excluding carboxylic acids is 1. The molecule has 1 aliphatic carbocycles. The Morgan fingerprint density at radius 3 is 2.96 bits per heavy atom. The van der Waals surface area contributed by atoms with Gasteiger partial charge in [-0.25, -0.2) is 9.78 Å². The Balaban J connectivity index is 1.73. The number of likely N-dealkylation sites (N-methyl/N-ethyl adjacent to an activating group) is 1. The average Bonchev–Trinajstić information content (AvgIpc) is 3.13. The fourth-order valence-electron chi connectivity index (χ4n) is 3.69. The first-order valence-electron chi connectivity index (χ1n) is 8.38. The zero-order valence-corrected chi connectivity index (χ0v) is 14.2. The standard InChI is InChI=1S/C19H18N4O3/c1-20-4-2-3-11-5-14-16(22-9-11)23-18(26)19(14)7-12-6-13(17(24)25)10-21-15(12)8-19/h2-3,5-6,9-10,20H,4,7-8H2,1H3,(H,24,25)(H,22,23,26)/b3-2+/t19-/m0/s1. The Labute approximate surface area is 150 Å². The summed E-state index contributed by atoms with van der Waals surface area (Å²) >= 11 is 0. The fraction of sp³-hybridized carbons (Fsp3) is 0.263. The van der Waals surface area contributed by atoms with Crippen LogP contribution in [0.4, 0.5) is 5.82 Å². The Kier molecular flexibility index (Phi) is 3.81. The molecule has 0 radical (unpaired) electrons. The molecule has 7 nitrogen and oxygen atoms in total. The van der Waals surface area contributed by atoms with Gasteiger partial charge in [0.05, 0.1) is 11.0 Å². The SMILES string of the molecule is CNC/C=C/c1cnc2c(c1)[C@@]1(Cc3cc(C(=O)O)cnc3C1)C(=O)N2. The van der Waals surface area contributed by atoms with Gasteiger partial charge in [0.1, 0.15) is 5.82 Å². The highest BCUT2D eigenvalue weighted by atomic mass is 16.4. The predicted octanol–water partition coefficient (Wildman–Crippen LogP) is 1.40. The lowest BCUT2D eigenvalue weighted by Crippen LogP contribution is -2.35. The number of carboxylic acids is 1. The maximum atomic E-state index is 12.8. The molecule has 7 heteroatoms. The van der Waals surface area contributed by atoms with Gasteiger partial charge in [-0.05, 0) is 36.7 Å². The number of anilines is 1. The minimum absolute atomic E-state index is 0.105. The lowest BCUT2D eigenvalue weighted by atomic mass is 9.79. The van der Waals surface area contributed by atoms with E-state index < -0.39 is 11.4 Å². The Bertz CT molecular complexity index is 954. The van der Waals surface area contributed by atoms with Crippen molar-refractivity contribution in [2.45, 2.75) is 18.3 Å². The van der Waals surface area contributed by atoms with Crippen molar-refractivity contribution in [3.8, 4) is 0 Å². The smallest absolute Gasteiger partial charge is 0.337 e. The van der Waals surface area contributed by atoms with Crippen molar-refractivity contribution in [2.75, 3.05) is 18.9 Å². The average molecular weight is 350 g/mol. The molecular weight excluding hydrogens is 332 g/mol. The first-order chi connectivity index (χ1) is 12.5. The molecule has 1 spiro atoms. The minimum Gasteiger partial charge on any atom is -0.478 e. The second kappa shape index (κ2) is 6.03. The molecule has 2 aromatic rings. The highest BCUT2D eigenvalue weighted by molar-refractivity contribution is 6.06. The summed E-state index contributed by atoms with van der Waals surface area (Å²) in [6.45, 7) is 0.743. The normalized spacial score (nSPS) is 20.4. The molecule has 0 unspecified atom stereocenters. The molecule has 1 atom stereocenters. The molecule has 1 aliphatic heterocycles. The second-order valence-electron chi connectivity index (χ2n) is 6.65. The molecule has 3 N–H and O–H groups in total. The van der Waals surface area contributed by atoms with Crippen molar-refractivity contribution in [1.82, 2.24) is 15.3 Å². The highest BCUT2D eigenvalue weighted by Crippen LogP contribution is 2.46. The number of hydrogen-bond donors (Lipinski definition) is 3. The van der Waals surface area contributed by atoms with E-state index in [2.05, 4.69) is 20.6 Å². The molecule has 4 rings (SSSR count). The topological polar surface area (TPSA) is 104 Å². The van der Waals surface area contributed by atoms with E-state index in [-0.39, 0.29) is 11.5 Å². The van der Waals surface area contributed by atoms with Crippen LogP contribution in [-0.2, 0) is 23.1 Å². The van der Waals surface area contributed by atoms with Gasteiger partial charge in [-0.3, -0.25) is 9.78 Å². The van der Waals surface area contributed by atoms with Crippen molar-refractivity contribution in [2.24, 2.45) is 0 Å². The third-order valence-electron chi connectivity index (χ3n) is 4.99. The summed E-state index contributed by atoms with van der Waals surface area (Å²) in [6, 6.07) is 3.60. The number of hydrogen-bond acceptors (Lipinski definition) is 5. The molecule has 0 saturated heterocycles. The van der Waals surface area contributed by atoms with E-state index in [4.69, 9.17) is 0 Å². The van der Waals surface area contributed by atoms with Gasteiger partial charge in [0.2, 0.25) is 5.91 Å². The molecule has 1 amide bonds. The van der Waals surface area contributed by atoms with Crippen molar-refractivity contribution >= 4 is 23.8 Å². The van der Waals surface area contributed by atoms with Crippen molar-refractivity contribution in [3.63, 3.8) is 0 Å². The lowest BCUT2D eigenvalue weighted by Gasteiger charge is -2.20. The summed E-state index contributed by atoms with van der Waals surface area (Å²) in [7, 11) is 1.87. The first kappa shape index (κ1) is 16.4. The third-order valence-corrected chi connectivity index (χ3v) is 4.99. The largest absolute Gasteiger partial charge is 0.478 e. The van der Waals surface area contributed by atoms with E-state index in [1.807, 2.05) is 25.3 Å². The van der Waals surface area contributed by atoms with Crippen LogP contribution in [0.15, 0.2) is 30.6 Å². The summed E-state index contributed by atoms with van der Waals surface area (Å²) in [5, 5.41) is 15.1. The van der Waals surface area contributed by atoms with Crippen molar-refractivity contribution < 1.29 is 14.7 Å². The number of nitrogens with zero attached hydrogens (tertiary/aromatic N) is 2. The Morgan fingerprint density at radius 1 is 1.35 bits per heavy atom. The number of aromatic carboxylic acids is 1. The molecule has 3 heterocycles. The summed E-state index contributed by atoms with van der Waals surface area (Å²) in [6.07, 6.45) is 7.91. The van der Waals surface area contributed by atoms with E-state index in [1.165, 1.54) is 6.20 Å². The van der Waals surface area contributed by atoms with E-state index in [0.717, 1.165) is 28.9 Å². The quantitative estimate of drug-likeness (QED) is 0.770. The number of aromatic nitrogens is 2. The summed E-state index contributed by atoms with van der Waals surface area (Å²) in [4.78, 5) is 32.7. The number of nitrogens with one attached hydrogen (secondary N) is 2. The zero-order valence-electron chi connectivity index (χ0n) is 14.2. The zero-order chi connectivity index (χ0) is 18.3. The molecule has 2 aliphatic rings. The number of fused-ring (bicyclic) bond motifs is 3. The molecule has 132 valence electrons. The lowest BCUT2D eigenvalue weighted by molar-refractivity contribution is -0.120. The molecule has 0 bridgehead atoms. The number of rotatable bonds is 4. The van der Waals surface area contributed by atoms with E-state index in [0.29, 0.717) is 18.7 Å². The van der Waals surface area contributed by atoms with Gasteiger partial charge in [-0.1, -0.05) is 12.2 Å². The molecule has 0 aromatic carbocycles. The second-order valence-corrected chi connectivity index (χ2v) is 6.65. The van der Waals surface area contributed by atoms with Crippen LogP contribution in [0.3, 0.4) is 0 Å². The van der Waals surface area contributed by atoms with Gasteiger partial charge in [0.15, 0.2) is 0 Å². The van der Waals surface area contributed by atoms with Crippen LogP contribution < -0.4 is 10.6 Å². The molecule has 2 aromatic heterocycles. The summed E-state index contributed by atoms with van der Waals surface area (Å²) in [5.41, 5.74) is 2.73. The highest BCUT2D eigenvalue weighted by Gasteiger charge is 2.51. The van der Waals surface area contributed by atoms with Crippen molar-refractivity contribution in [1.29, 1.82) is 0 Å². The molecule has 26 heavy (non-hydrogen) atoms. The van der Waals surface area contributed by atoms with E-state index >= 15 is 0 Å². The van der Waals surface area contributed by atoms with E-state index in [9.17, 15) is 14.7 Å². The van der Waals surface area contributed by atoms with Gasteiger partial charge in [-0.15, -0.1) is 0 Å². The molecule has 0 saturated carbocycles. The van der Waals surface area contributed by atoms with Crippen LogP contribution in [-0.4, -0.2) is 40.5 Å². The number of amides is 1. The third kappa shape index (κ3) is 2.48.